The van der Waals surface area contributed by atoms with E-state index in [9.17, 15) is 14.7 Å². The quantitative estimate of drug-likeness (QED) is 0.811. The first kappa shape index (κ1) is 19.0. The molecule has 2 aromatic rings. The number of carbonyl (C=O) groups excluding carboxylic acids is 2. The maximum atomic E-state index is 13.0. The third-order valence-electron chi connectivity index (χ3n) is 4.93. The number of hydrogen-bond donors (Lipinski definition) is 1. The van der Waals surface area contributed by atoms with Crippen molar-refractivity contribution in [2.75, 3.05) is 13.2 Å². The molecule has 1 aliphatic heterocycles. The molecule has 0 saturated carbocycles. The van der Waals surface area contributed by atoms with E-state index in [2.05, 4.69) is 0 Å². The molecule has 27 heavy (non-hydrogen) atoms. The standard InChI is InChI=1S/C22H25NO4/c1-2-27-21(25)15-19-5-3-4-14-23(19)22(26)18-8-6-16(7-9-18)17-10-12-20(24)13-11-17/h6-13,19,24H,2-5,14-15H2,1H3/t19-/m1/s1. The molecular formula is C22H25NO4. The van der Waals surface area contributed by atoms with Crippen LogP contribution >= 0.6 is 0 Å². The number of phenolic OH excluding ortho intramolecular Hbond substituents is 1. The third-order valence-corrected chi connectivity index (χ3v) is 4.93. The zero-order valence-corrected chi connectivity index (χ0v) is 15.6. The summed E-state index contributed by atoms with van der Waals surface area (Å²) in [6.45, 7) is 2.82. The van der Waals surface area contributed by atoms with Crippen LogP contribution in [0.3, 0.4) is 0 Å². The first-order valence-corrected chi connectivity index (χ1v) is 9.44. The molecule has 142 valence electrons. The van der Waals surface area contributed by atoms with Gasteiger partial charge in [-0.05, 0) is 61.6 Å². The average molecular weight is 367 g/mol. The fourth-order valence-electron chi connectivity index (χ4n) is 3.52. The molecule has 3 rings (SSSR count). The second-order valence-electron chi connectivity index (χ2n) is 6.78. The monoisotopic (exact) mass is 367 g/mol. The van der Waals surface area contributed by atoms with E-state index >= 15 is 0 Å². The van der Waals surface area contributed by atoms with Gasteiger partial charge in [0.1, 0.15) is 5.75 Å². The van der Waals surface area contributed by atoms with Gasteiger partial charge in [-0.3, -0.25) is 9.59 Å². The lowest BCUT2D eigenvalue weighted by atomic mass is 9.97. The zero-order valence-electron chi connectivity index (χ0n) is 15.6. The number of piperidine rings is 1. The Hall–Kier alpha value is -2.82. The minimum absolute atomic E-state index is 0.0405. The summed E-state index contributed by atoms with van der Waals surface area (Å²) < 4.78 is 5.06. The van der Waals surface area contributed by atoms with Gasteiger partial charge < -0.3 is 14.7 Å². The molecule has 5 heteroatoms. The highest BCUT2D eigenvalue weighted by Crippen LogP contribution is 2.25. The first-order valence-electron chi connectivity index (χ1n) is 9.44. The Bertz CT molecular complexity index is 783. The van der Waals surface area contributed by atoms with Crippen molar-refractivity contribution >= 4 is 11.9 Å². The zero-order chi connectivity index (χ0) is 19.2. The summed E-state index contributed by atoms with van der Waals surface area (Å²) >= 11 is 0. The summed E-state index contributed by atoms with van der Waals surface area (Å²) in [5, 5.41) is 9.40. The Morgan fingerprint density at radius 2 is 1.67 bits per heavy atom. The van der Waals surface area contributed by atoms with Crippen molar-refractivity contribution in [1.82, 2.24) is 4.90 Å². The fraction of sp³-hybridized carbons (Fsp3) is 0.364. The van der Waals surface area contributed by atoms with Gasteiger partial charge in [0, 0.05) is 18.2 Å². The molecule has 5 nitrogen and oxygen atoms in total. The lowest BCUT2D eigenvalue weighted by molar-refractivity contribution is -0.144. The van der Waals surface area contributed by atoms with Crippen LogP contribution in [0, 0.1) is 0 Å². The number of hydrogen-bond acceptors (Lipinski definition) is 4. The third kappa shape index (κ3) is 4.67. The van der Waals surface area contributed by atoms with Gasteiger partial charge in [0.25, 0.3) is 5.91 Å². The van der Waals surface area contributed by atoms with Gasteiger partial charge in [0.05, 0.1) is 13.0 Å². The van der Waals surface area contributed by atoms with Gasteiger partial charge in [-0.2, -0.15) is 0 Å². The highest BCUT2D eigenvalue weighted by molar-refractivity contribution is 5.95. The second-order valence-corrected chi connectivity index (χ2v) is 6.78. The summed E-state index contributed by atoms with van der Waals surface area (Å²) in [6, 6.07) is 14.3. The van der Waals surface area contributed by atoms with E-state index in [1.54, 1.807) is 19.1 Å². The Labute approximate surface area is 159 Å². The Kier molecular flexibility index (Phi) is 6.12. The van der Waals surface area contributed by atoms with Gasteiger partial charge >= 0.3 is 5.97 Å². The normalized spacial score (nSPS) is 16.8. The van der Waals surface area contributed by atoms with Gasteiger partial charge in [-0.1, -0.05) is 24.3 Å². The van der Waals surface area contributed by atoms with Gasteiger partial charge in [0.15, 0.2) is 0 Å². The van der Waals surface area contributed by atoms with Crippen LogP contribution in [0.5, 0.6) is 5.75 Å². The number of benzene rings is 2. The Morgan fingerprint density at radius 1 is 1.04 bits per heavy atom. The molecule has 2 aromatic carbocycles. The van der Waals surface area contributed by atoms with E-state index in [1.807, 2.05) is 41.3 Å². The van der Waals surface area contributed by atoms with Gasteiger partial charge in [-0.15, -0.1) is 0 Å². The number of carbonyl (C=O) groups is 2. The second kappa shape index (κ2) is 8.71. The predicted molar refractivity (Wildman–Crippen MR) is 103 cm³/mol. The number of phenols is 1. The molecule has 0 aromatic heterocycles. The van der Waals surface area contributed by atoms with Crippen LogP contribution in [0.4, 0.5) is 0 Å². The molecule has 0 unspecified atom stereocenters. The Balaban J connectivity index is 1.73. The summed E-state index contributed by atoms with van der Waals surface area (Å²) in [7, 11) is 0. The summed E-state index contributed by atoms with van der Waals surface area (Å²) in [4.78, 5) is 26.7. The maximum Gasteiger partial charge on any atom is 0.307 e. The van der Waals surface area contributed by atoms with Gasteiger partial charge in [0.2, 0.25) is 0 Å². The molecule has 0 spiro atoms. The largest absolute Gasteiger partial charge is 0.508 e. The average Bonchev–Trinajstić information content (AvgIpc) is 2.69. The number of nitrogens with zero attached hydrogens (tertiary/aromatic N) is 1. The lowest BCUT2D eigenvalue weighted by Gasteiger charge is -2.35. The molecule has 1 heterocycles. The van der Waals surface area contributed by atoms with Crippen molar-refractivity contribution in [2.24, 2.45) is 0 Å². The molecule has 1 aliphatic rings. The van der Waals surface area contributed by atoms with Crippen LogP contribution in [0.25, 0.3) is 11.1 Å². The molecule has 0 aliphatic carbocycles. The summed E-state index contributed by atoms with van der Waals surface area (Å²) in [6.07, 6.45) is 3.06. The smallest absolute Gasteiger partial charge is 0.307 e. The van der Waals surface area contributed by atoms with E-state index in [-0.39, 0.29) is 30.1 Å². The van der Waals surface area contributed by atoms with E-state index in [1.165, 1.54) is 0 Å². The lowest BCUT2D eigenvalue weighted by Crippen LogP contribution is -2.44. The number of likely N-dealkylation sites (tertiary alicyclic amines) is 1. The maximum absolute atomic E-state index is 13.0. The number of amides is 1. The molecular weight excluding hydrogens is 342 g/mol. The summed E-state index contributed by atoms with van der Waals surface area (Å²) in [5.41, 5.74) is 2.58. The minimum atomic E-state index is -0.245. The van der Waals surface area contributed by atoms with Crippen LogP contribution in [0.15, 0.2) is 48.5 Å². The van der Waals surface area contributed by atoms with Gasteiger partial charge in [-0.25, -0.2) is 0 Å². The van der Waals surface area contributed by atoms with E-state index in [0.717, 1.165) is 30.4 Å². The molecule has 1 fully saturated rings. The molecule has 1 N–H and O–H groups in total. The summed E-state index contributed by atoms with van der Waals surface area (Å²) in [5.74, 6) is -0.0607. The van der Waals surface area contributed by atoms with Crippen molar-refractivity contribution in [1.29, 1.82) is 0 Å². The van der Waals surface area contributed by atoms with E-state index < -0.39 is 0 Å². The number of ether oxygens (including phenoxy) is 1. The fourth-order valence-corrected chi connectivity index (χ4v) is 3.52. The van der Waals surface area contributed by atoms with Crippen molar-refractivity contribution in [3.8, 4) is 16.9 Å². The van der Waals surface area contributed by atoms with Crippen LogP contribution < -0.4 is 0 Å². The molecule has 1 saturated heterocycles. The van der Waals surface area contributed by atoms with E-state index in [0.29, 0.717) is 18.7 Å². The van der Waals surface area contributed by atoms with Crippen LogP contribution in [-0.4, -0.2) is 41.1 Å². The van der Waals surface area contributed by atoms with Crippen molar-refractivity contribution in [3.63, 3.8) is 0 Å². The number of aromatic hydroxyl groups is 1. The molecule has 0 bridgehead atoms. The minimum Gasteiger partial charge on any atom is -0.508 e. The van der Waals surface area contributed by atoms with Crippen molar-refractivity contribution in [2.45, 2.75) is 38.6 Å². The highest BCUT2D eigenvalue weighted by atomic mass is 16.5. The number of esters is 1. The molecule has 1 amide bonds. The van der Waals surface area contributed by atoms with Crippen molar-refractivity contribution < 1.29 is 19.4 Å². The predicted octanol–water partition coefficient (Wildman–Crippen LogP) is 4.01. The molecule has 0 radical (unpaired) electrons. The number of rotatable bonds is 5. The topological polar surface area (TPSA) is 66.8 Å². The van der Waals surface area contributed by atoms with Crippen molar-refractivity contribution in [3.05, 3.63) is 54.1 Å². The highest BCUT2D eigenvalue weighted by Gasteiger charge is 2.29. The van der Waals surface area contributed by atoms with Crippen LogP contribution in [0.2, 0.25) is 0 Å². The Morgan fingerprint density at radius 3 is 2.30 bits per heavy atom. The van der Waals surface area contributed by atoms with Crippen LogP contribution in [-0.2, 0) is 9.53 Å². The SMILES string of the molecule is CCOC(=O)C[C@H]1CCCCN1C(=O)c1ccc(-c2ccc(O)cc2)cc1. The first-order chi connectivity index (χ1) is 13.1. The van der Waals surface area contributed by atoms with Crippen LogP contribution in [0.1, 0.15) is 43.0 Å². The van der Waals surface area contributed by atoms with E-state index in [4.69, 9.17) is 4.74 Å². The molecule has 1 atom stereocenters.